The van der Waals surface area contributed by atoms with Gasteiger partial charge < -0.3 is 0 Å². The molecule has 0 unspecified atom stereocenters. The van der Waals surface area contributed by atoms with Gasteiger partial charge in [-0.25, -0.2) is 0 Å². The zero-order valence-corrected chi connectivity index (χ0v) is 8.86. The lowest BCUT2D eigenvalue weighted by Crippen LogP contribution is -1.74. The summed E-state index contributed by atoms with van der Waals surface area (Å²) < 4.78 is 0. The van der Waals surface area contributed by atoms with Crippen molar-refractivity contribution in [2.75, 3.05) is 0 Å². The van der Waals surface area contributed by atoms with Gasteiger partial charge in [-0.2, -0.15) is 0 Å². The van der Waals surface area contributed by atoms with Crippen molar-refractivity contribution in [1.82, 2.24) is 0 Å². The highest BCUT2D eigenvalue weighted by Crippen LogP contribution is 2.05. The monoisotopic (exact) mass is 188 g/mol. The van der Waals surface area contributed by atoms with Crippen LogP contribution < -0.4 is 0 Å². The molecule has 0 radical (unpaired) electrons. The first kappa shape index (κ1) is 11.0. The maximum absolute atomic E-state index is 2.27. The van der Waals surface area contributed by atoms with Crippen LogP contribution in [0.25, 0.3) is 0 Å². The Hall–Kier alpha value is -1.04. The number of rotatable bonds is 0. The highest BCUT2D eigenvalue weighted by atomic mass is 13.9. The van der Waals surface area contributed by atoms with Crippen molar-refractivity contribution in [3.05, 3.63) is 48.6 Å². The quantitative estimate of drug-likeness (QED) is 0.522. The van der Waals surface area contributed by atoms with Crippen molar-refractivity contribution in [2.24, 2.45) is 0 Å². The van der Waals surface area contributed by atoms with Gasteiger partial charge in [0, 0.05) is 0 Å². The topological polar surface area (TPSA) is 0 Å². The van der Waals surface area contributed by atoms with E-state index in [0.717, 1.165) is 6.42 Å². The van der Waals surface area contributed by atoms with E-state index in [1.165, 1.54) is 32.1 Å². The molecule has 0 atom stereocenters. The van der Waals surface area contributed by atoms with Gasteiger partial charge in [-0.1, -0.05) is 55.0 Å². The molecule has 0 heteroatoms. The first-order valence-electron chi connectivity index (χ1n) is 5.63. The fourth-order valence-corrected chi connectivity index (χ4v) is 1.44. The van der Waals surface area contributed by atoms with Crippen molar-refractivity contribution in [1.29, 1.82) is 0 Å². The summed E-state index contributed by atoms with van der Waals surface area (Å²) in [7, 11) is 0. The lowest BCUT2D eigenvalue weighted by atomic mass is 10.1. The molecule has 0 saturated heterocycles. The van der Waals surface area contributed by atoms with E-state index in [9.17, 15) is 0 Å². The molecule has 0 nitrogen and oxygen atoms in total. The minimum absolute atomic E-state index is 1.04. The standard InChI is InChI=1S/C14H20/c1-2-4-6-8-10-12-14-13-11-9-7-5-3-1/h1-4,7,9,11,13H,5-6,8,10,12,14H2/b3-1-,4-2+,9-7?,13-11?. The van der Waals surface area contributed by atoms with Crippen LogP contribution in [0.2, 0.25) is 0 Å². The Bertz CT molecular complexity index is 204. The van der Waals surface area contributed by atoms with Gasteiger partial charge in [0.15, 0.2) is 0 Å². The third-order valence-electron chi connectivity index (χ3n) is 2.28. The average Bonchev–Trinajstić information content (AvgIpc) is 2.22. The van der Waals surface area contributed by atoms with Crippen LogP contribution in [-0.2, 0) is 0 Å². The Kier molecular flexibility index (Phi) is 6.74. The molecule has 0 bridgehead atoms. The first-order valence-corrected chi connectivity index (χ1v) is 5.63. The molecule has 0 aromatic rings. The molecule has 76 valence electrons. The summed E-state index contributed by atoms with van der Waals surface area (Å²) >= 11 is 0. The molecule has 0 N–H and O–H groups in total. The maximum atomic E-state index is 2.27. The van der Waals surface area contributed by atoms with E-state index in [1.807, 2.05) is 0 Å². The summed E-state index contributed by atoms with van der Waals surface area (Å²) in [5, 5.41) is 0. The van der Waals surface area contributed by atoms with Crippen molar-refractivity contribution in [2.45, 2.75) is 38.5 Å². The second kappa shape index (κ2) is 8.55. The third kappa shape index (κ3) is 6.47. The van der Waals surface area contributed by atoms with Gasteiger partial charge in [0.2, 0.25) is 0 Å². The Balaban J connectivity index is 2.35. The van der Waals surface area contributed by atoms with Gasteiger partial charge in [-0.15, -0.1) is 0 Å². The van der Waals surface area contributed by atoms with Crippen LogP contribution in [0.4, 0.5) is 0 Å². The summed E-state index contributed by atoms with van der Waals surface area (Å²) in [5.41, 5.74) is 0. The van der Waals surface area contributed by atoms with E-state index >= 15 is 0 Å². The molecular weight excluding hydrogens is 168 g/mol. The van der Waals surface area contributed by atoms with E-state index in [2.05, 4.69) is 48.6 Å². The molecule has 1 aliphatic carbocycles. The summed E-state index contributed by atoms with van der Waals surface area (Å²) in [6.07, 6.45) is 25.0. The van der Waals surface area contributed by atoms with Crippen LogP contribution >= 0.6 is 0 Å². The summed E-state index contributed by atoms with van der Waals surface area (Å²) in [5.74, 6) is 0. The minimum Gasteiger partial charge on any atom is -0.0845 e. The van der Waals surface area contributed by atoms with Crippen LogP contribution in [0.3, 0.4) is 0 Å². The highest BCUT2D eigenvalue weighted by molar-refractivity contribution is 5.08. The molecule has 1 rings (SSSR count). The van der Waals surface area contributed by atoms with Crippen LogP contribution in [0.5, 0.6) is 0 Å². The van der Waals surface area contributed by atoms with Crippen LogP contribution in [0.15, 0.2) is 48.6 Å². The molecule has 0 spiro atoms. The summed E-state index contributed by atoms with van der Waals surface area (Å²) in [6, 6.07) is 0. The molecule has 0 saturated carbocycles. The molecule has 0 amide bonds. The zero-order chi connectivity index (χ0) is 9.90. The van der Waals surface area contributed by atoms with Crippen molar-refractivity contribution < 1.29 is 0 Å². The van der Waals surface area contributed by atoms with Gasteiger partial charge in [-0.3, -0.25) is 0 Å². The fourth-order valence-electron chi connectivity index (χ4n) is 1.44. The lowest BCUT2D eigenvalue weighted by molar-refractivity contribution is 0.696. The van der Waals surface area contributed by atoms with Gasteiger partial charge >= 0.3 is 0 Å². The largest absolute Gasteiger partial charge is 0.0845 e. The van der Waals surface area contributed by atoms with E-state index in [4.69, 9.17) is 0 Å². The molecule has 0 aliphatic heterocycles. The van der Waals surface area contributed by atoms with Crippen LogP contribution in [0.1, 0.15) is 38.5 Å². The second-order valence-electron chi connectivity index (χ2n) is 3.59. The van der Waals surface area contributed by atoms with Crippen LogP contribution in [-0.4, -0.2) is 0 Å². The van der Waals surface area contributed by atoms with E-state index in [0.29, 0.717) is 0 Å². The summed E-state index contributed by atoms with van der Waals surface area (Å²) in [4.78, 5) is 0. The van der Waals surface area contributed by atoms with E-state index < -0.39 is 0 Å². The maximum Gasteiger partial charge on any atom is -0.0163 e. The van der Waals surface area contributed by atoms with Crippen molar-refractivity contribution >= 4 is 0 Å². The molecule has 0 fully saturated rings. The molecular formula is C14H20. The molecule has 1 aliphatic rings. The Morgan fingerprint density at radius 2 is 1.00 bits per heavy atom. The number of allylic oxidation sites excluding steroid dienone is 8. The first-order chi connectivity index (χ1) is 7.00. The van der Waals surface area contributed by atoms with Gasteiger partial charge in [0.1, 0.15) is 0 Å². The molecule has 14 heavy (non-hydrogen) atoms. The minimum atomic E-state index is 1.04. The normalized spacial score (nSPS) is 24.0. The average molecular weight is 188 g/mol. The summed E-state index contributed by atoms with van der Waals surface area (Å²) in [6.45, 7) is 0. The predicted octanol–water partition coefficient (Wildman–Crippen LogP) is 4.57. The molecule has 0 heterocycles. The lowest BCUT2D eigenvalue weighted by Gasteiger charge is -1.94. The number of hydrogen-bond donors (Lipinski definition) is 0. The Morgan fingerprint density at radius 3 is 1.57 bits per heavy atom. The van der Waals surface area contributed by atoms with Gasteiger partial charge in [0.25, 0.3) is 0 Å². The third-order valence-corrected chi connectivity index (χ3v) is 2.28. The van der Waals surface area contributed by atoms with E-state index in [1.54, 1.807) is 0 Å². The Morgan fingerprint density at radius 1 is 0.500 bits per heavy atom. The smallest absolute Gasteiger partial charge is 0.0163 e. The Labute approximate surface area is 87.7 Å². The fraction of sp³-hybridized carbons (Fsp3) is 0.429. The van der Waals surface area contributed by atoms with Gasteiger partial charge in [0.05, 0.1) is 0 Å². The SMILES string of the molecule is C1=CC/C=C\C=C\CCCCCC=C1. The van der Waals surface area contributed by atoms with E-state index in [-0.39, 0.29) is 0 Å². The highest BCUT2D eigenvalue weighted by Gasteiger charge is 1.85. The van der Waals surface area contributed by atoms with Crippen molar-refractivity contribution in [3.8, 4) is 0 Å². The zero-order valence-electron chi connectivity index (χ0n) is 8.86. The van der Waals surface area contributed by atoms with Crippen molar-refractivity contribution in [3.63, 3.8) is 0 Å². The second-order valence-corrected chi connectivity index (χ2v) is 3.59. The van der Waals surface area contributed by atoms with Gasteiger partial charge in [-0.05, 0) is 32.1 Å². The molecule has 0 aromatic carbocycles. The van der Waals surface area contributed by atoms with Crippen LogP contribution in [0, 0.1) is 0 Å². The predicted molar refractivity (Wildman–Crippen MR) is 64.3 cm³/mol. The number of hydrogen-bond acceptors (Lipinski definition) is 0. The molecule has 0 aromatic heterocycles.